The monoisotopic (exact) mass is 413 g/mol. The minimum atomic E-state index is -3.46. The van der Waals surface area contributed by atoms with Gasteiger partial charge in [0.2, 0.25) is 15.9 Å². The number of sulfonamides is 1. The maximum Gasteiger partial charge on any atom is 0.243 e. The summed E-state index contributed by atoms with van der Waals surface area (Å²) in [6.45, 7) is 3.50. The molecular formula is C19H28ClN3O3S. The van der Waals surface area contributed by atoms with Crippen LogP contribution in [0.3, 0.4) is 0 Å². The molecule has 2 saturated heterocycles. The summed E-state index contributed by atoms with van der Waals surface area (Å²) in [5.74, 6) is 0.542. The summed E-state index contributed by atoms with van der Waals surface area (Å²) in [5.41, 5.74) is 2.45. The molecule has 8 heteroatoms. The van der Waals surface area contributed by atoms with Gasteiger partial charge in [-0.15, -0.1) is 12.4 Å². The van der Waals surface area contributed by atoms with E-state index in [1.807, 2.05) is 12.1 Å². The Balaban J connectivity index is 0.00000210. The molecule has 1 amide bonds. The quantitative estimate of drug-likeness (QED) is 0.763. The van der Waals surface area contributed by atoms with Crippen molar-refractivity contribution in [1.82, 2.24) is 14.9 Å². The van der Waals surface area contributed by atoms with Gasteiger partial charge in [-0.25, -0.2) is 8.42 Å². The predicted octanol–water partition coefficient (Wildman–Crippen LogP) is 1.33. The number of hydrogen-bond acceptors (Lipinski definition) is 4. The lowest BCUT2D eigenvalue weighted by Crippen LogP contribution is -2.50. The Kier molecular flexibility index (Phi) is 6.46. The minimum absolute atomic E-state index is 0. The number of amides is 1. The van der Waals surface area contributed by atoms with Gasteiger partial charge in [-0.05, 0) is 55.4 Å². The Bertz CT molecular complexity index is 787. The van der Waals surface area contributed by atoms with E-state index in [1.54, 1.807) is 10.4 Å². The first-order chi connectivity index (χ1) is 12.5. The molecule has 27 heavy (non-hydrogen) atoms. The van der Waals surface area contributed by atoms with Gasteiger partial charge >= 0.3 is 0 Å². The maximum atomic E-state index is 12.9. The van der Waals surface area contributed by atoms with Crippen LogP contribution in [0.5, 0.6) is 0 Å². The van der Waals surface area contributed by atoms with Crippen molar-refractivity contribution < 1.29 is 13.2 Å². The summed E-state index contributed by atoms with van der Waals surface area (Å²) in [4.78, 5) is 12.7. The zero-order valence-corrected chi connectivity index (χ0v) is 17.1. The molecule has 0 saturated carbocycles. The van der Waals surface area contributed by atoms with Gasteiger partial charge in [-0.2, -0.15) is 4.31 Å². The highest BCUT2D eigenvalue weighted by Crippen LogP contribution is 2.28. The summed E-state index contributed by atoms with van der Waals surface area (Å²) in [7, 11) is -3.46. The second-order valence-electron chi connectivity index (χ2n) is 7.73. The Morgan fingerprint density at radius 1 is 1.15 bits per heavy atom. The normalized spacial score (nSPS) is 21.2. The molecule has 0 unspecified atom stereocenters. The Morgan fingerprint density at radius 3 is 2.52 bits per heavy atom. The standard InChI is InChI=1S/C19H27N3O3S.ClH/c23-19(21-13-14-11-20-12-14)16-6-8-22(9-7-16)26(24,25)18-5-4-15-2-1-3-17(15)10-18;/h4-5,10,14,16,20H,1-3,6-9,11-13H2,(H,21,23);1H. The van der Waals surface area contributed by atoms with Crippen molar-refractivity contribution in [2.75, 3.05) is 32.7 Å². The summed E-state index contributed by atoms with van der Waals surface area (Å²) in [6.07, 6.45) is 4.32. The van der Waals surface area contributed by atoms with E-state index in [4.69, 9.17) is 0 Å². The molecule has 3 aliphatic rings. The number of piperidine rings is 1. The van der Waals surface area contributed by atoms with E-state index < -0.39 is 10.0 Å². The highest BCUT2D eigenvalue weighted by atomic mass is 35.5. The summed E-state index contributed by atoms with van der Waals surface area (Å²) in [5, 5.41) is 6.21. The van der Waals surface area contributed by atoms with Crippen LogP contribution in [0, 0.1) is 11.8 Å². The van der Waals surface area contributed by atoms with Gasteiger partial charge in [0.25, 0.3) is 0 Å². The fourth-order valence-corrected chi connectivity index (χ4v) is 5.62. The summed E-state index contributed by atoms with van der Waals surface area (Å²) >= 11 is 0. The number of nitrogens with one attached hydrogen (secondary N) is 2. The molecule has 150 valence electrons. The molecule has 6 nitrogen and oxygen atoms in total. The molecule has 1 aromatic rings. The van der Waals surface area contributed by atoms with Crippen molar-refractivity contribution in [3.05, 3.63) is 29.3 Å². The second-order valence-corrected chi connectivity index (χ2v) is 9.67. The molecule has 0 spiro atoms. The number of halogens is 1. The van der Waals surface area contributed by atoms with Gasteiger partial charge in [0.15, 0.2) is 0 Å². The Labute approximate surface area is 167 Å². The molecule has 1 aromatic carbocycles. The minimum Gasteiger partial charge on any atom is -0.355 e. The average molecular weight is 414 g/mol. The zero-order chi connectivity index (χ0) is 18.1. The third-order valence-corrected chi connectivity index (χ3v) is 7.86. The molecule has 0 atom stereocenters. The van der Waals surface area contributed by atoms with Crippen LogP contribution in [0.2, 0.25) is 0 Å². The van der Waals surface area contributed by atoms with Crippen LogP contribution < -0.4 is 10.6 Å². The van der Waals surface area contributed by atoms with Crippen molar-refractivity contribution in [2.24, 2.45) is 11.8 Å². The maximum absolute atomic E-state index is 12.9. The van der Waals surface area contributed by atoms with E-state index in [0.29, 0.717) is 36.7 Å². The number of carbonyl (C=O) groups is 1. The van der Waals surface area contributed by atoms with Gasteiger partial charge in [0.05, 0.1) is 4.90 Å². The molecule has 4 rings (SSSR count). The van der Waals surface area contributed by atoms with Crippen LogP contribution in [0.1, 0.15) is 30.4 Å². The highest BCUT2D eigenvalue weighted by Gasteiger charge is 2.33. The number of aryl methyl sites for hydroxylation is 2. The van der Waals surface area contributed by atoms with Crippen LogP contribution in [0.4, 0.5) is 0 Å². The number of benzene rings is 1. The van der Waals surface area contributed by atoms with Crippen LogP contribution in [-0.4, -0.2) is 51.4 Å². The third kappa shape index (κ3) is 4.31. The predicted molar refractivity (Wildman–Crippen MR) is 107 cm³/mol. The van der Waals surface area contributed by atoms with E-state index in [0.717, 1.165) is 38.9 Å². The molecule has 0 bridgehead atoms. The Hall–Kier alpha value is -1.15. The van der Waals surface area contributed by atoms with Crippen LogP contribution in [-0.2, 0) is 27.7 Å². The van der Waals surface area contributed by atoms with Gasteiger partial charge in [0.1, 0.15) is 0 Å². The molecule has 2 N–H and O–H groups in total. The van der Waals surface area contributed by atoms with Crippen molar-refractivity contribution in [3.63, 3.8) is 0 Å². The topological polar surface area (TPSA) is 78.5 Å². The fourth-order valence-electron chi connectivity index (χ4n) is 4.10. The molecule has 2 heterocycles. The fraction of sp³-hybridized carbons (Fsp3) is 0.632. The lowest BCUT2D eigenvalue weighted by atomic mass is 9.96. The lowest BCUT2D eigenvalue weighted by molar-refractivity contribution is -0.126. The van der Waals surface area contributed by atoms with E-state index in [2.05, 4.69) is 10.6 Å². The average Bonchev–Trinajstić information content (AvgIpc) is 3.08. The van der Waals surface area contributed by atoms with Crippen LogP contribution in [0.25, 0.3) is 0 Å². The van der Waals surface area contributed by atoms with Crippen molar-refractivity contribution in [1.29, 1.82) is 0 Å². The number of nitrogens with zero attached hydrogens (tertiary/aromatic N) is 1. The first-order valence-electron chi connectivity index (χ1n) is 9.64. The summed E-state index contributed by atoms with van der Waals surface area (Å²) < 4.78 is 27.4. The van der Waals surface area contributed by atoms with E-state index in [9.17, 15) is 13.2 Å². The Morgan fingerprint density at radius 2 is 1.85 bits per heavy atom. The van der Waals surface area contributed by atoms with Crippen molar-refractivity contribution in [3.8, 4) is 0 Å². The molecule has 2 aliphatic heterocycles. The number of hydrogen-bond donors (Lipinski definition) is 2. The number of carbonyl (C=O) groups excluding carboxylic acids is 1. The van der Waals surface area contributed by atoms with E-state index >= 15 is 0 Å². The first-order valence-corrected chi connectivity index (χ1v) is 11.1. The first kappa shape index (κ1) is 20.6. The summed E-state index contributed by atoms with van der Waals surface area (Å²) in [6, 6.07) is 5.55. The van der Waals surface area contributed by atoms with Gasteiger partial charge < -0.3 is 10.6 Å². The second kappa shape index (κ2) is 8.47. The van der Waals surface area contributed by atoms with Crippen LogP contribution >= 0.6 is 12.4 Å². The smallest absolute Gasteiger partial charge is 0.243 e. The van der Waals surface area contributed by atoms with Gasteiger partial charge in [-0.3, -0.25) is 4.79 Å². The van der Waals surface area contributed by atoms with Gasteiger partial charge in [0, 0.05) is 44.6 Å². The zero-order valence-electron chi connectivity index (χ0n) is 15.4. The van der Waals surface area contributed by atoms with E-state index in [-0.39, 0.29) is 24.2 Å². The largest absolute Gasteiger partial charge is 0.355 e. The molecular weight excluding hydrogens is 386 g/mol. The van der Waals surface area contributed by atoms with Crippen molar-refractivity contribution >= 4 is 28.3 Å². The van der Waals surface area contributed by atoms with Crippen LogP contribution in [0.15, 0.2) is 23.1 Å². The lowest BCUT2D eigenvalue weighted by Gasteiger charge is -2.32. The highest BCUT2D eigenvalue weighted by molar-refractivity contribution is 7.89. The number of fused-ring (bicyclic) bond motifs is 1. The molecule has 0 aromatic heterocycles. The van der Waals surface area contributed by atoms with E-state index in [1.165, 1.54) is 11.1 Å². The van der Waals surface area contributed by atoms with Crippen molar-refractivity contribution in [2.45, 2.75) is 37.0 Å². The molecule has 2 fully saturated rings. The number of rotatable bonds is 5. The SMILES string of the molecule is Cl.O=C(NCC1CNC1)C1CCN(S(=O)(=O)c2ccc3c(c2)CCC3)CC1. The third-order valence-electron chi connectivity index (χ3n) is 5.96. The molecule has 0 radical (unpaired) electrons. The van der Waals surface area contributed by atoms with Gasteiger partial charge in [-0.1, -0.05) is 6.07 Å². The molecule has 1 aliphatic carbocycles.